The highest BCUT2D eigenvalue weighted by Crippen LogP contribution is 2.23. The Labute approximate surface area is 142 Å². The number of carbonyl (C=O) groups excluding carboxylic acids is 1. The predicted octanol–water partition coefficient (Wildman–Crippen LogP) is 4.07. The summed E-state index contributed by atoms with van der Waals surface area (Å²) in [5, 5.41) is 12.8. The lowest BCUT2D eigenvalue weighted by Crippen LogP contribution is -2.46. The zero-order valence-electron chi connectivity index (χ0n) is 13.3. The van der Waals surface area contributed by atoms with Crippen LogP contribution in [-0.2, 0) is 6.54 Å². The number of hydrogen-bond donors (Lipinski definition) is 2. The fourth-order valence-electron chi connectivity index (χ4n) is 2.09. The summed E-state index contributed by atoms with van der Waals surface area (Å²) in [6.07, 6.45) is 1.43. The molecule has 2 N–H and O–H groups in total. The van der Waals surface area contributed by atoms with Crippen LogP contribution in [0.3, 0.4) is 0 Å². The fourth-order valence-corrected chi connectivity index (χ4v) is 2.41. The second-order valence-corrected chi connectivity index (χ2v) is 6.50. The number of carbonyl (C=O) groups is 1. The van der Waals surface area contributed by atoms with Gasteiger partial charge in [-0.25, -0.2) is 4.79 Å². The Hall–Kier alpha value is -0.970. The summed E-state index contributed by atoms with van der Waals surface area (Å²) in [4.78, 5) is 14.2. The van der Waals surface area contributed by atoms with E-state index in [0.29, 0.717) is 23.0 Å². The first kappa shape index (κ1) is 19.1. The van der Waals surface area contributed by atoms with Crippen molar-refractivity contribution in [2.75, 3.05) is 6.61 Å². The molecule has 1 unspecified atom stereocenters. The lowest BCUT2D eigenvalue weighted by atomic mass is 10.1. The van der Waals surface area contributed by atoms with Crippen LogP contribution in [0.1, 0.15) is 39.2 Å². The quantitative estimate of drug-likeness (QED) is 0.781. The maximum atomic E-state index is 12.4. The van der Waals surface area contributed by atoms with Gasteiger partial charge in [0.25, 0.3) is 0 Å². The topological polar surface area (TPSA) is 52.6 Å². The Kier molecular flexibility index (Phi) is 8.01. The Bertz CT molecular complexity index is 495. The Morgan fingerprint density at radius 1 is 1.27 bits per heavy atom. The summed E-state index contributed by atoms with van der Waals surface area (Å²) in [6, 6.07) is 5.34. The molecule has 0 aliphatic carbocycles. The van der Waals surface area contributed by atoms with E-state index in [4.69, 9.17) is 28.3 Å². The molecule has 0 saturated carbocycles. The van der Waals surface area contributed by atoms with Crippen molar-refractivity contribution in [3.8, 4) is 0 Å². The van der Waals surface area contributed by atoms with E-state index >= 15 is 0 Å². The fraction of sp³-hybridized carbons (Fsp3) is 0.562. The number of amides is 2. The second kappa shape index (κ2) is 9.23. The highest BCUT2D eigenvalue weighted by atomic mass is 35.5. The maximum Gasteiger partial charge on any atom is 0.318 e. The zero-order valence-corrected chi connectivity index (χ0v) is 14.8. The second-order valence-electron chi connectivity index (χ2n) is 5.69. The van der Waals surface area contributed by atoms with Crippen molar-refractivity contribution in [1.29, 1.82) is 0 Å². The average Bonchev–Trinajstić information content (AvgIpc) is 2.45. The van der Waals surface area contributed by atoms with Crippen molar-refractivity contribution in [3.63, 3.8) is 0 Å². The molecule has 0 saturated heterocycles. The van der Waals surface area contributed by atoms with Gasteiger partial charge in [0.05, 0.1) is 10.0 Å². The third-order valence-electron chi connectivity index (χ3n) is 3.39. The molecule has 22 heavy (non-hydrogen) atoms. The van der Waals surface area contributed by atoms with E-state index < -0.39 is 0 Å². The summed E-state index contributed by atoms with van der Waals surface area (Å²) in [7, 11) is 0. The predicted molar refractivity (Wildman–Crippen MR) is 91.5 cm³/mol. The van der Waals surface area contributed by atoms with Crippen molar-refractivity contribution >= 4 is 29.2 Å². The Morgan fingerprint density at radius 2 is 1.95 bits per heavy atom. The first-order valence-electron chi connectivity index (χ1n) is 7.47. The van der Waals surface area contributed by atoms with E-state index in [1.165, 1.54) is 0 Å². The van der Waals surface area contributed by atoms with E-state index in [1.54, 1.807) is 17.0 Å². The number of nitrogens with one attached hydrogen (secondary N) is 1. The smallest absolute Gasteiger partial charge is 0.318 e. The van der Waals surface area contributed by atoms with Crippen LogP contribution in [0.5, 0.6) is 0 Å². The molecular weight excluding hydrogens is 323 g/mol. The molecule has 0 aliphatic heterocycles. The van der Waals surface area contributed by atoms with E-state index in [-0.39, 0.29) is 24.7 Å². The lowest BCUT2D eigenvalue weighted by molar-refractivity contribution is 0.175. The number of nitrogens with zero attached hydrogens (tertiary/aromatic N) is 1. The van der Waals surface area contributed by atoms with Crippen LogP contribution in [-0.4, -0.2) is 34.7 Å². The highest BCUT2D eigenvalue weighted by Gasteiger charge is 2.19. The number of aliphatic hydroxyl groups excluding tert-OH is 1. The van der Waals surface area contributed by atoms with Crippen LogP contribution >= 0.6 is 23.2 Å². The molecule has 0 aromatic heterocycles. The zero-order chi connectivity index (χ0) is 16.7. The summed E-state index contributed by atoms with van der Waals surface area (Å²) >= 11 is 11.9. The minimum absolute atomic E-state index is 0.0229. The normalized spacial score (nSPS) is 12.3. The number of aliphatic hydroxyl groups is 1. The molecule has 124 valence electrons. The summed E-state index contributed by atoms with van der Waals surface area (Å²) in [6.45, 7) is 6.47. The summed E-state index contributed by atoms with van der Waals surface area (Å²) < 4.78 is 0. The molecule has 0 bridgehead atoms. The van der Waals surface area contributed by atoms with Crippen LogP contribution < -0.4 is 5.32 Å². The molecule has 0 aliphatic rings. The molecule has 4 nitrogen and oxygen atoms in total. The van der Waals surface area contributed by atoms with Gasteiger partial charge < -0.3 is 15.3 Å². The third kappa shape index (κ3) is 6.03. The van der Waals surface area contributed by atoms with Gasteiger partial charge in [0.1, 0.15) is 0 Å². The molecule has 1 aromatic rings. The molecule has 1 aromatic carbocycles. The number of benzene rings is 1. The Morgan fingerprint density at radius 3 is 2.50 bits per heavy atom. The molecule has 1 atom stereocenters. The van der Waals surface area contributed by atoms with Crippen LogP contribution in [0.2, 0.25) is 10.0 Å². The summed E-state index contributed by atoms with van der Waals surface area (Å²) in [5.41, 5.74) is 0.932. The van der Waals surface area contributed by atoms with Crippen LogP contribution in [0.4, 0.5) is 4.79 Å². The van der Waals surface area contributed by atoms with Crippen LogP contribution in [0.25, 0.3) is 0 Å². The van der Waals surface area contributed by atoms with Crippen LogP contribution in [0.15, 0.2) is 18.2 Å². The van der Waals surface area contributed by atoms with Gasteiger partial charge in [0, 0.05) is 25.2 Å². The highest BCUT2D eigenvalue weighted by molar-refractivity contribution is 6.42. The Balaban J connectivity index is 2.72. The molecule has 0 spiro atoms. The van der Waals surface area contributed by atoms with Gasteiger partial charge in [-0.2, -0.15) is 0 Å². The lowest BCUT2D eigenvalue weighted by Gasteiger charge is -2.29. The third-order valence-corrected chi connectivity index (χ3v) is 4.13. The molecule has 0 fully saturated rings. The van der Waals surface area contributed by atoms with Gasteiger partial charge >= 0.3 is 6.03 Å². The van der Waals surface area contributed by atoms with E-state index in [1.807, 2.05) is 26.8 Å². The molecular formula is C16H24Cl2N2O2. The number of urea groups is 1. The van der Waals surface area contributed by atoms with Gasteiger partial charge in [0.2, 0.25) is 0 Å². The molecule has 1 rings (SSSR count). The number of rotatable bonds is 7. The van der Waals surface area contributed by atoms with Gasteiger partial charge in [-0.3, -0.25) is 0 Å². The van der Waals surface area contributed by atoms with E-state index in [2.05, 4.69) is 5.32 Å². The largest absolute Gasteiger partial charge is 0.396 e. The van der Waals surface area contributed by atoms with Crippen molar-refractivity contribution in [3.05, 3.63) is 33.8 Å². The van der Waals surface area contributed by atoms with Gasteiger partial charge in [-0.1, -0.05) is 29.3 Å². The number of hydrogen-bond acceptors (Lipinski definition) is 2. The molecule has 2 amide bonds. The number of halogens is 2. The minimum Gasteiger partial charge on any atom is -0.396 e. The van der Waals surface area contributed by atoms with E-state index in [9.17, 15) is 4.79 Å². The van der Waals surface area contributed by atoms with Crippen LogP contribution in [0, 0.1) is 0 Å². The first-order chi connectivity index (χ1) is 10.3. The van der Waals surface area contributed by atoms with Gasteiger partial charge in [-0.05, 0) is 51.3 Å². The van der Waals surface area contributed by atoms with Crippen molar-refractivity contribution in [2.24, 2.45) is 0 Å². The molecule has 6 heteroatoms. The molecule has 0 radical (unpaired) electrons. The van der Waals surface area contributed by atoms with E-state index in [0.717, 1.165) is 12.0 Å². The summed E-state index contributed by atoms with van der Waals surface area (Å²) in [5.74, 6) is 0. The minimum atomic E-state index is -0.119. The average molecular weight is 347 g/mol. The standard InChI is InChI=1S/C16H24Cl2N2O2/c1-11(2)20(16(22)19-12(3)5-4-8-21)10-13-6-7-14(17)15(18)9-13/h6-7,9,11-12,21H,4-5,8,10H2,1-3H3,(H,19,22). The van der Waals surface area contributed by atoms with Gasteiger partial charge in [-0.15, -0.1) is 0 Å². The van der Waals surface area contributed by atoms with Crippen molar-refractivity contribution < 1.29 is 9.90 Å². The molecule has 0 heterocycles. The monoisotopic (exact) mass is 346 g/mol. The van der Waals surface area contributed by atoms with Crippen molar-refractivity contribution in [2.45, 2.75) is 52.2 Å². The maximum absolute atomic E-state index is 12.4. The SMILES string of the molecule is CC(CCCO)NC(=O)N(Cc1ccc(Cl)c(Cl)c1)C(C)C. The first-order valence-corrected chi connectivity index (χ1v) is 8.22. The van der Waals surface area contributed by atoms with Crippen molar-refractivity contribution in [1.82, 2.24) is 10.2 Å². The van der Waals surface area contributed by atoms with Gasteiger partial charge in [0.15, 0.2) is 0 Å².